The van der Waals surface area contributed by atoms with E-state index in [1.165, 1.54) is 5.69 Å². The number of benzene rings is 1. The fourth-order valence-electron chi connectivity index (χ4n) is 3.51. The van der Waals surface area contributed by atoms with Gasteiger partial charge in [0.15, 0.2) is 17.5 Å². The molecule has 2 N–H and O–H groups in total. The highest BCUT2D eigenvalue weighted by molar-refractivity contribution is 14.0. The standard InChI is InChI=1S/C24H40N6O2.HI/c1-7-29(8-2)14-15-32-22-11-10-21(17-23(22)31-6)18-27-24(25-5)26-12-9-13-30-20(4)16-19(3)28-30;/h10-11,16-17H,7-9,12-15,18H2,1-6H3,(H2,25,26,27);1H. The Labute approximate surface area is 216 Å². The van der Waals surface area contributed by atoms with E-state index >= 15 is 0 Å². The summed E-state index contributed by atoms with van der Waals surface area (Å²) < 4.78 is 13.5. The molecule has 0 bridgehead atoms. The SMILES string of the molecule is CCN(CC)CCOc1ccc(CNC(=NC)NCCCn2nc(C)cc2C)cc1OC.I. The van der Waals surface area contributed by atoms with Gasteiger partial charge in [0.05, 0.1) is 12.8 Å². The lowest BCUT2D eigenvalue weighted by Crippen LogP contribution is -2.37. The zero-order valence-electron chi connectivity index (χ0n) is 21.0. The molecule has 0 fully saturated rings. The molecule has 8 nitrogen and oxygen atoms in total. The molecule has 0 aliphatic carbocycles. The van der Waals surface area contributed by atoms with Crippen molar-refractivity contribution in [3.8, 4) is 11.5 Å². The number of nitrogens with one attached hydrogen (secondary N) is 2. The largest absolute Gasteiger partial charge is 0.493 e. The van der Waals surface area contributed by atoms with Crippen LogP contribution in [0.25, 0.3) is 0 Å². The summed E-state index contributed by atoms with van der Waals surface area (Å²) in [6.07, 6.45) is 0.968. The zero-order chi connectivity index (χ0) is 23.3. The third kappa shape index (κ3) is 9.79. The molecule has 0 saturated heterocycles. The lowest BCUT2D eigenvalue weighted by Gasteiger charge is -2.19. The zero-order valence-corrected chi connectivity index (χ0v) is 23.3. The van der Waals surface area contributed by atoms with Crippen molar-refractivity contribution in [2.24, 2.45) is 4.99 Å². The van der Waals surface area contributed by atoms with Crippen molar-refractivity contribution in [3.63, 3.8) is 0 Å². The molecule has 0 radical (unpaired) electrons. The molecule has 2 rings (SSSR count). The number of nitrogens with zero attached hydrogens (tertiary/aromatic N) is 4. The molecule has 186 valence electrons. The van der Waals surface area contributed by atoms with Gasteiger partial charge in [0.25, 0.3) is 0 Å². The number of aryl methyl sites for hydroxylation is 3. The Bertz CT molecular complexity index is 851. The molecule has 0 amide bonds. The highest BCUT2D eigenvalue weighted by Crippen LogP contribution is 2.28. The van der Waals surface area contributed by atoms with Crippen LogP contribution >= 0.6 is 24.0 Å². The summed E-state index contributed by atoms with van der Waals surface area (Å²) in [7, 11) is 3.46. The van der Waals surface area contributed by atoms with Gasteiger partial charge in [-0.3, -0.25) is 9.67 Å². The molecule has 0 saturated carbocycles. The van der Waals surface area contributed by atoms with Crippen molar-refractivity contribution in [1.29, 1.82) is 0 Å². The minimum atomic E-state index is 0. The second-order valence-corrected chi connectivity index (χ2v) is 7.72. The summed E-state index contributed by atoms with van der Waals surface area (Å²) in [6.45, 7) is 14.4. The minimum absolute atomic E-state index is 0. The number of rotatable bonds is 13. The van der Waals surface area contributed by atoms with Crippen LogP contribution in [0, 0.1) is 13.8 Å². The molecule has 1 heterocycles. The van der Waals surface area contributed by atoms with Crippen LogP contribution in [0.5, 0.6) is 11.5 Å². The van der Waals surface area contributed by atoms with E-state index in [9.17, 15) is 0 Å². The van der Waals surface area contributed by atoms with Crippen LogP contribution in [0.1, 0.15) is 37.2 Å². The molecule has 1 aromatic heterocycles. The van der Waals surface area contributed by atoms with Crippen molar-refractivity contribution in [2.75, 3.05) is 46.9 Å². The van der Waals surface area contributed by atoms with Crippen molar-refractivity contribution >= 4 is 29.9 Å². The van der Waals surface area contributed by atoms with Gasteiger partial charge in [0.1, 0.15) is 6.61 Å². The quantitative estimate of drug-likeness (QED) is 0.165. The number of guanidine groups is 1. The fourth-order valence-corrected chi connectivity index (χ4v) is 3.51. The third-order valence-electron chi connectivity index (χ3n) is 5.41. The number of hydrogen-bond acceptors (Lipinski definition) is 5. The van der Waals surface area contributed by atoms with Crippen LogP contribution < -0.4 is 20.1 Å². The topological polar surface area (TPSA) is 75.9 Å². The number of methoxy groups -OCH3 is 1. The highest BCUT2D eigenvalue weighted by Gasteiger charge is 2.08. The average Bonchev–Trinajstić information content (AvgIpc) is 3.13. The monoisotopic (exact) mass is 572 g/mol. The Morgan fingerprint density at radius 1 is 1.12 bits per heavy atom. The lowest BCUT2D eigenvalue weighted by molar-refractivity contribution is 0.217. The average molecular weight is 573 g/mol. The summed E-state index contributed by atoms with van der Waals surface area (Å²) in [5.41, 5.74) is 3.35. The molecule has 0 spiro atoms. The summed E-state index contributed by atoms with van der Waals surface area (Å²) in [4.78, 5) is 6.65. The van der Waals surface area contributed by atoms with Gasteiger partial charge in [-0.15, -0.1) is 24.0 Å². The van der Waals surface area contributed by atoms with Gasteiger partial charge in [-0.1, -0.05) is 19.9 Å². The molecule has 2 aromatic rings. The predicted octanol–water partition coefficient (Wildman–Crippen LogP) is 3.60. The first-order valence-corrected chi connectivity index (χ1v) is 11.5. The van der Waals surface area contributed by atoms with Crippen molar-refractivity contribution in [3.05, 3.63) is 41.2 Å². The van der Waals surface area contributed by atoms with Gasteiger partial charge in [-0.25, -0.2) is 0 Å². The number of hydrogen-bond donors (Lipinski definition) is 2. The van der Waals surface area contributed by atoms with Crippen molar-refractivity contribution < 1.29 is 9.47 Å². The number of aromatic nitrogens is 2. The van der Waals surface area contributed by atoms with E-state index in [-0.39, 0.29) is 24.0 Å². The summed E-state index contributed by atoms with van der Waals surface area (Å²) >= 11 is 0. The Balaban J connectivity index is 0.00000544. The molecular weight excluding hydrogens is 531 g/mol. The van der Waals surface area contributed by atoms with Crippen LogP contribution in [-0.4, -0.2) is 67.6 Å². The Morgan fingerprint density at radius 2 is 1.88 bits per heavy atom. The first kappa shape index (κ1) is 29.0. The first-order chi connectivity index (χ1) is 15.5. The number of ether oxygens (including phenoxy) is 2. The van der Waals surface area contributed by atoms with Crippen LogP contribution in [-0.2, 0) is 13.1 Å². The van der Waals surface area contributed by atoms with E-state index in [0.717, 1.165) is 67.9 Å². The Kier molecular flexibility index (Phi) is 13.9. The molecule has 0 aliphatic heterocycles. The van der Waals surface area contributed by atoms with E-state index < -0.39 is 0 Å². The van der Waals surface area contributed by atoms with Crippen LogP contribution in [0.15, 0.2) is 29.3 Å². The molecule has 0 aliphatic rings. The maximum Gasteiger partial charge on any atom is 0.191 e. The number of likely N-dealkylation sites (N-methyl/N-ethyl adjacent to an activating group) is 1. The summed E-state index contributed by atoms with van der Waals surface area (Å²) in [5, 5.41) is 11.2. The second-order valence-electron chi connectivity index (χ2n) is 7.72. The molecule has 0 unspecified atom stereocenters. The van der Waals surface area contributed by atoms with Gasteiger partial charge < -0.3 is 25.0 Å². The van der Waals surface area contributed by atoms with Crippen molar-refractivity contribution in [1.82, 2.24) is 25.3 Å². The molecule has 9 heteroatoms. The maximum absolute atomic E-state index is 5.95. The van der Waals surface area contributed by atoms with Gasteiger partial charge >= 0.3 is 0 Å². The Morgan fingerprint density at radius 3 is 2.48 bits per heavy atom. The van der Waals surface area contributed by atoms with Gasteiger partial charge in [-0.05, 0) is 57.1 Å². The van der Waals surface area contributed by atoms with E-state index in [1.807, 2.05) is 23.7 Å². The normalized spacial score (nSPS) is 11.3. The van der Waals surface area contributed by atoms with E-state index in [0.29, 0.717) is 13.2 Å². The van der Waals surface area contributed by atoms with Gasteiger partial charge in [0, 0.05) is 38.9 Å². The molecular formula is C24H41IN6O2. The van der Waals surface area contributed by atoms with Crippen LogP contribution in [0.4, 0.5) is 0 Å². The van der Waals surface area contributed by atoms with Gasteiger partial charge in [-0.2, -0.15) is 5.10 Å². The van der Waals surface area contributed by atoms with Crippen LogP contribution in [0.3, 0.4) is 0 Å². The highest BCUT2D eigenvalue weighted by atomic mass is 127. The van der Waals surface area contributed by atoms with E-state index in [2.05, 4.69) is 58.5 Å². The fraction of sp³-hybridized carbons (Fsp3) is 0.583. The smallest absolute Gasteiger partial charge is 0.191 e. The molecule has 33 heavy (non-hydrogen) atoms. The van der Waals surface area contributed by atoms with Crippen molar-refractivity contribution in [2.45, 2.75) is 47.2 Å². The minimum Gasteiger partial charge on any atom is -0.493 e. The maximum atomic E-state index is 5.95. The van der Waals surface area contributed by atoms with E-state index in [1.54, 1.807) is 14.2 Å². The van der Waals surface area contributed by atoms with Gasteiger partial charge in [0.2, 0.25) is 0 Å². The van der Waals surface area contributed by atoms with E-state index in [4.69, 9.17) is 9.47 Å². The third-order valence-corrected chi connectivity index (χ3v) is 5.41. The summed E-state index contributed by atoms with van der Waals surface area (Å²) in [5.74, 6) is 2.30. The molecule has 0 atom stereocenters. The molecule has 1 aromatic carbocycles. The Hall–Kier alpha value is -2.01. The lowest BCUT2D eigenvalue weighted by atomic mass is 10.2. The number of aliphatic imine (C=N–C) groups is 1. The van der Waals surface area contributed by atoms with Crippen LogP contribution in [0.2, 0.25) is 0 Å². The predicted molar refractivity (Wildman–Crippen MR) is 146 cm³/mol. The first-order valence-electron chi connectivity index (χ1n) is 11.5. The summed E-state index contributed by atoms with van der Waals surface area (Å²) in [6, 6.07) is 8.14. The second kappa shape index (κ2) is 15.8. The number of halogens is 1.